The number of urea groups is 1. The van der Waals surface area contributed by atoms with Crippen LogP contribution in [0.5, 0.6) is 11.9 Å². The summed E-state index contributed by atoms with van der Waals surface area (Å²) < 4.78 is 11.4. The molecule has 2 heterocycles. The van der Waals surface area contributed by atoms with Crippen molar-refractivity contribution in [1.29, 1.82) is 0 Å². The minimum atomic E-state index is -0.701. The maximum atomic E-state index is 12.3. The number of amides is 3. The zero-order valence-corrected chi connectivity index (χ0v) is 16.5. The monoisotopic (exact) mass is 401 g/mol. The Bertz CT molecular complexity index is 987. The van der Waals surface area contributed by atoms with Crippen molar-refractivity contribution in [3.05, 3.63) is 45.8 Å². The molecule has 0 saturated carbocycles. The van der Waals surface area contributed by atoms with Crippen molar-refractivity contribution in [3.8, 4) is 11.9 Å². The molecule has 0 unspecified atom stereocenters. The van der Waals surface area contributed by atoms with E-state index in [4.69, 9.17) is 9.47 Å². The largest absolute Gasteiger partial charge is 0.846 e. The van der Waals surface area contributed by atoms with Gasteiger partial charge in [0.1, 0.15) is 11.1 Å². The summed E-state index contributed by atoms with van der Waals surface area (Å²) in [4.78, 5) is 44.5. The molecule has 1 aromatic heterocycles. The Kier molecular flexibility index (Phi) is 7.07. The molecule has 3 amide bonds. The highest BCUT2D eigenvalue weighted by atomic mass is 16.5. The lowest BCUT2D eigenvalue weighted by Crippen LogP contribution is -2.39. The normalized spacial score (nSPS) is 16.2. The van der Waals surface area contributed by atoms with Gasteiger partial charge in [-0.05, 0) is 26.0 Å². The average molecular weight is 401 g/mol. The Morgan fingerprint density at radius 1 is 1.03 bits per heavy atom. The number of rotatable bonds is 6. The number of imide groups is 1. The molecule has 1 aliphatic heterocycles. The minimum Gasteiger partial charge on any atom is -0.846 e. The Hall–Kier alpha value is -3.69. The minimum absolute atomic E-state index is 0.0445. The van der Waals surface area contributed by atoms with E-state index in [2.05, 4.69) is 9.98 Å². The van der Waals surface area contributed by atoms with Gasteiger partial charge in [-0.15, -0.1) is 0 Å². The molecule has 0 saturated heterocycles. The molecule has 0 bridgehead atoms. The summed E-state index contributed by atoms with van der Waals surface area (Å²) in [5, 5.41) is 11.6. The lowest BCUT2D eigenvalue weighted by Gasteiger charge is -2.21. The second kappa shape index (κ2) is 9.49. The van der Waals surface area contributed by atoms with Crippen molar-refractivity contribution >= 4 is 23.9 Å². The molecule has 10 nitrogen and oxygen atoms in total. The van der Waals surface area contributed by atoms with E-state index in [1.807, 2.05) is 0 Å². The number of ether oxygens (including phenoxy) is 2. The van der Waals surface area contributed by atoms with Gasteiger partial charge in [-0.1, -0.05) is 18.2 Å². The van der Waals surface area contributed by atoms with Crippen LogP contribution < -0.4 is 15.4 Å². The van der Waals surface area contributed by atoms with Crippen molar-refractivity contribution in [3.63, 3.8) is 0 Å². The van der Waals surface area contributed by atoms with Gasteiger partial charge in [0.25, 0.3) is 11.5 Å². The Balaban J connectivity index is 2.30. The number of aliphatic imine (C=N–C) groups is 1. The van der Waals surface area contributed by atoms with Crippen LogP contribution in [0, 0.1) is 0 Å². The van der Waals surface area contributed by atoms with Crippen LogP contribution in [0.4, 0.5) is 4.79 Å². The summed E-state index contributed by atoms with van der Waals surface area (Å²) in [6.45, 7) is 3.92. The van der Waals surface area contributed by atoms with Gasteiger partial charge in [0.05, 0.1) is 19.2 Å². The summed E-state index contributed by atoms with van der Waals surface area (Å²) >= 11 is 0. The van der Waals surface area contributed by atoms with Gasteiger partial charge in [-0.2, -0.15) is 4.99 Å². The number of likely N-dealkylation sites (N-methyl/N-ethyl adjacent to an activating group) is 1. The molecule has 0 atom stereocenters. The number of aromatic nitrogens is 2. The Morgan fingerprint density at radius 2 is 1.72 bits per heavy atom. The predicted molar refractivity (Wildman–Crippen MR) is 104 cm³/mol. The fourth-order valence-corrected chi connectivity index (χ4v) is 2.31. The lowest BCUT2D eigenvalue weighted by molar-refractivity contribution is -0.286. The first-order valence-electron chi connectivity index (χ1n) is 8.81. The number of carbonyl (C=O) groups is 2. The van der Waals surface area contributed by atoms with E-state index in [0.717, 1.165) is 9.47 Å². The van der Waals surface area contributed by atoms with E-state index >= 15 is 0 Å². The zero-order valence-electron chi connectivity index (χ0n) is 16.5. The van der Waals surface area contributed by atoms with E-state index in [1.165, 1.54) is 38.4 Å². The van der Waals surface area contributed by atoms with E-state index < -0.39 is 23.5 Å². The van der Waals surface area contributed by atoms with Crippen molar-refractivity contribution in [2.24, 2.45) is 12.0 Å². The third kappa shape index (κ3) is 4.78. The van der Waals surface area contributed by atoms with Crippen LogP contribution in [0.2, 0.25) is 0 Å². The molecule has 154 valence electrons. The molecule has 1 aromatic rings. The van der Waals surface area contributed by atoms with Crippen LogP contribution in [0.25, 0.3) is 6.08 Å². The van der Waals surface area contributed by atoms with E-state index in [1.54, 1.807) is 19.9 Å². The highest BCUT2D eigenvalue weighted by Gasteiger charge is 2.30. The number of carbonyl (C=O) groups excluding carboxylic acids is 2. The smallest absolute Gasteiger partial charge is 0.353 e. The van der Waals surface area contributed by atoms with E-state index in [0.29, 0.717) is 0 Å². The predicted octanol–water partition coefficient (Wildman–Crippen LogP) is 0.775. The van der Waals surface area contributed by atoms with Crippen LogP contribution in [0.15, 0.2) is 39.7 Å². The van der Waals surface area contributed by atoms with Crippen LogP contribution >= 0.6 is 0 Å². The van der Waals surface area contributed by atoms with Crippen molar-refractivity contribution in [2.45, 2.75) is 13.8 Å². The van der Waals surface area contributed by atoms with Gasteiger partial charge in [-0.3, -0.25) is 14.5 Å². The maximum Gasteiger partial charge on any atom is 0.353 e. The van der Waals surface area contributed by atoms with Gasteiger partial charge in [0, 0.05) is 14.1 Å². The molecule has 1 aliphatic rings. The number of hydrogen-bond donors (Lipinski definition) is 0. The van der Waals surface area contributed by atoms with Gasteiger partial charge in [0.15, 0.2) is 0 Å². The Labute approximate surface area is 167 Å². The number of nitrogens with zero attached hydrogens (tertiary/aromatic N) is 4. The Morgan fingerprint density at radius 3 is 2.38 bits per heavy atom. The topological polar surface area (TPSA) is 126 Å². The summed E-state index contributed by atoms with van der Waals surface area (Å²) in [6.07, 6.45) is 7.51. The van der Waals surface area contributed by atoms with Gasteiger partial charge in [-0.25, -0.2) is 9.78 Å². The van der Waals surface area contributed by atoms with Crippen LogP contribution in [0.3, 0.4) is 0 Å². The summed E-state index contributed by atoms with van der Waals surface area (Å²) in [5.41, 5.74) is -0.284. The molecule has 29 heavy (non-hydrogen) atoms. The van der Waals surface area contributed by atoms with Crippen LogP contribution in [0.1, 0.15) is 19.4 Å². The molecular formula is C19H21N4O6-. The van der Waals surface area contributed by atoms with Crippen LogP contribution in [-0.2, 0) is 16.6 Å². The highest BCUT2D eigenvalue weighted by Crippen LogP contribution is 2.16. The second-order valence-electron chi connectivity index (χ2n) is 5.73. The number of hydrogen-bond acceptors (Lipinski definition) is 7. The van der Waals surface area contributed by atoms with Crippen molar-refractivity contribution in [2.75, 3.05) is 20.3 Å². The fraction of sp³-hybridized carbons (Fsp3) is 0.316. The fourth-order valence-electron chi connectivity index (χ4n) is 2.31. The maximum absolute atomic E-state index is 12.3. The molecular weight excluding hydrogens is 380 g/mol. The first-order valence-corrected chi connectivity index (χ1v) is 8.81. The second-order valence-corrected chi connectivity index (χ2v) is 5.73. The molecule has 0 spiro atoms. The van der Waals surface area contributed by atoms with E-state index in [-0.39, 0.29) is 36.1 Å². The number of allylic oxidation sites excluding steroid dienone is 4. The quantitative estimate of drug-likeness (QED) is 0.509. The first kappa shape index (κ1) is 21.6. The lowest BCUT2D eigenvalue weighted by atomic mass is 10.2. The summed E-state index contributed by atoms with van der Waals surface area (Å²) in [6, 6.07) is -1.40. The molecule has 10 heteroatoms. The molecule has 0 radical (unpaired) electrons. The van der Waals surface area contributed by atoms with Crippen LogP contribution in [-0.4, -0.2) is 52.5 Å². The molecule has 0 aromatic carbocycles. The van der Waals surface area contributed by atoms with Gasteiger partial charge >= 0.3 is 6.03 Å². The van der Waals surface area contributed by atoms with Crippen molar-refractivity contribution < 1.29 is 24.2 Å². The summed E-state index contributed by atoms with van der Waals surface area (Å²) in [5.74, 6) is -0.626. The highest BCUT2D eigenvalue weighted by molar-refractivity contribution is 6.27. The van der Waals surface area contributed by atoms with Crippen molar-refractivity contribution in [1.82, 2.24) is 14.5 Å². The SMILES string of the molecule is CCOC1=NC(=O)N(C)C(=O)C1=CC=CC=Cc1c(OCC)nc([O-])n(C)c1=O. The standard InChI is InChI=1S/C19H22N4O6/c1-5-28-14-12(16(24)22(3)18(26)20-14)10-8-7-9-11-13-15(29-6-2)21-19(27)23(4)17(13)25/h7-11H,5-6H2,1-4H3,(H,20,26)/p-1. The molecule has 0 N–H and O–H groups in total. The first-order chi connectivity index (χ1) is 13.8. The molecule has 0 fully saturated rings. The average Bonchev–Trinajstić information content (AvgIpc) is 2.68. The van der Waals surface area contributed by atoms with E-state index in [9.17, 15) is 19.5 Å². The third-order valence-corrected chi connectivity index (χ3v) is 3.81. The summed E-state index contributed by atoms with van der Waals surface area (Å²) in [7, 11) is 2.65. The molecule has 0 aliphatic carbocycles. The molecule has 2 rings (SSSR count). The third-order valence-electron chi connectivity index (χ3n) is 3.81. The van der Waals surface area contributed by atoms with Gasteiger partial charge < -0.3 is 19.1 Å². The zero-order chi connectivity index (χ0) is 21.6. The van der Waals surface area contributed by atoms with Gasteiger partial charge in [0.2, 0.25) is 11.8 Å².